The molecule has 0 radical (unpaired) electrons. The highest BCUT2D eigenvalue weighted by atomic mass is 16.4. The molecule has 0 saturated carbocycles. The van der Waals surface area contributed by atoms with E-state index in [4.69, 9.17) is 10.8 Å². The monoisotopic (exact) mass is 278 g/mol. The Balaban J connectivity index is 2.64. The van der Waals surface area contributed by atoms with Crippen molar-refractivity contribution in [3.63, 3.8) is 0 Å². The standard InChI is InChI=1S/C15H22N2O3/c1-9(2)11-4-6-12(7-5-11)10(3)17-15(20)13(16)8-14(18)19/h4-7,9-10,13H,8,16H2,1-3H3,(H,17,20)(H,18,19). The number of hydrogen-bond acceptors (Lipinski definition) is 3. The van der Waals surface area contributed by atoms with Crippen LogP contribution in [0.25, 0.3) is 0 Å². The molecule has 0 aliphatic carbocycles. The van der Waals surface area contributed by atoms with Crippen molar-refractivity contribution >= 4 is 11.9 Å². The topological polar surface area (TPSA) is 92.4 Å². The zero-order chi connectivity index (χ0) is 15.3. The predicted octanol–water partition coefficient (Wildman–Crippen LogP) is 1.79. The van der Waals surface area contributed by atoms with Crippen molar-refractivity contribution < 1.29 is 14.7 Å². The summed E-state index contributed by atoms with van der Waals surface area (Å²) in [5.41, 5.74) is 7.71. The van der Waals surface area contributed by atoms with Crippen LogP contribution in [0.5, 0.6) is 0 Å². The highest BCUT2D eigenvalue weighted by molar-refractivity contribution is 5.86. The predicted molar refractivity (Wildman–Crippen MR) is 77.3 cm³/mol. The Labute approximate surface area is 119 Å². The highest BCUT2D eigenvalue weighted by Crippen LogP contribution is 2.18. The van der Waals surface area contributed by atoms with Gasteiger partial charge in [0.25, 0.3) is 0 Å². The van der Waals surface area contributed by atoms with Crippen molar-refractivity contribution in [2.24, 2.45) is 5.73 Å². The molecule has 0 bridgehead atoms. The number of carboxylic acid groups (broad SMARTS) is 1. The van der Waals surface area contributed by atoms with Gasteiger partial charge in [-0.25, -0.2) is 0 Å². The largest absolute Gasteiger partial charge is 0.481 e. The molecule has 1 rings (SSSR count). The summed E-state index contributed by atoms with van der Waals surface area (Å²) in [4.78, 5) is 22.2. The van der Waals surface area contributed by atoms with Crippen molar-refractivity contribution in [2.75, 3.05) is 0 Å². The maximum absolute atomic E-state index is 11.7. The molecular formula is C15H22N2O3. The average molecular weight is 278 g/mol. The molecule has 1 amide bonds. The fourth-order valence-electron chi connectivity index (χ4n) is 1.85. The Morgan fingerprint density at radius 2 is 1.65 bits per heavy atom. The van der Waals surface area contributed by atoms with Gasteiger partial charge in [0.1, 0.15) is 0 Å². The zero-order valence-electron chi connectivity index (χ0n) is 12.1. The molecule has 0 saturated heterocycles. The molecular weight excluding hydrogens is 256 g/mol. The Kier molecular flexibility index (Phi) is 5.70. The lowest BCUT2D eigenvalue weighted by atomic mass is 9.99. The van der Waals surface area contributed by atoms with E-state index >= 15 is 0 Å². The molecule has 2 unspecified atom stereocenters. The molecule has 20 heavy (non-hydrogen) atoms. The maximum Gasteiger partial charge on any atom is 0.305 e. The van der Waals surface area contributed by atoms with E-state index in [-0.39, 0.29) is 12.5 Å². The molecule has 0 aliphatic heterocycles. The fraction of sp³-hybridized carbons (Fsp3) is 0.467. The van der Waals surface area contributed by atoms with E-state index < -0.39 is 17.9 Å². The average Bonchev–Trinajstić information content (AvgIpc) is 2.37. The highest BCUT2D eigenvalue weighted by Gasteiger charge is 2.19. The van der Waals surface area contributed by atoms with E-state index in [1.807, 2.05) is 31.2 Å². The fourth-order valence-corrected chi connectivity index (χ4v) is 1.85. The second-order valence-electron chi connectivity index (χ2n) is 5.26. The first-order chi connectivity index (χ1) is 9.31. The molecule has 2 atom stereocenters. The zero-order valence-corrected chi connectivity index (χ0v) is 12.1. The summed E-state index contributed by atoms with van der Waals surface area (Å²) in [7, 11) is 0. The van der Waals surface area contributed by atoms with Crippen LogP contribution in [-0.4, -0.2) is 23.0 Å². The lowest BCUT2D eigenvalue weighted by Gasteiger charge is -2.17. The van der Waals surface area contributed by atoms with Gasteiger partial charge >= 0.3 is 5.97 Å². The molecule has 1 aromatic carbocycles. The quantitative estimate of drug-likeness (QED) is 0.739. The van der Waals surface area contributed by atoms with Crippen LogP contribution < -0.4 is 11.1 Å². The minimum Gasteiger partial charge on any atom is -0.481 e. The summed E-state index contributed by atoms with van der Waals surface area (Å²) in [6.45, 7) is 6.08. The Morgan fingerprint density at radius 3 is 2.10 bits per heavy atom. The Bertz CT molecular complexity index is 469. The molecule has 0 aliphatic rings. The number of hydrogen-bond donors (Lipinski definition) is 3. The van der Waals surface area contributed by atoms with Gasteiger partial charge in [0, 0.05) is 0 Å². The third kappa shape index (κ3) is 4.66. The van der Waals surface area contributed by atoms with Gasteiger partial charge in [-0.05, 0) is 24.0 Å². The molecule has 0 spiro atoms. The van der Waals surface area contributed by atoms with E-state index in [1.165, 1.54) is 5.56 Å². The number of rotatable bonds is 6. The van der Waals surface area contributed by atoms with Crippen LogP contribution in [0.2, 0.25) is 0 Å². The SMILES string of the molecule is CC(C)c1ccc(C(C)NC(=O)C(N)CC(=O)O)cc1. The summed E-state index contributed by atoms with van der Waals surface area (Å²) < 4.78 is 0. The second-order valence-corrected chi connectivity index (χ2v) is 5.26. The van der Waals surface area contributed by atoms with Gasteiger partial charge in [-0.1, -0.05) is 38.1 Å². The summed E-state index contributed by atoms with van der Waals surface area (Å²) >= 11 is 0. The smallest absolute Gasteiger partial charge is 0.305 e. The van der Waals surface area contributed by atoms with E-state index in [0.717, 1.165) is 5.56 Å². The van der Waals surface area contributed by atoms with E-state index in [9.17, 15) is 9.59 Å². The van der Waals surface area contributed by atoms with Crippen LogP contribution >= 0.6 is 0 Å². The summed E-state index contributed by atoms with van der Waals surface area (Å²) in [5, 5.41) is 11.3. The van der Waals surface area contributed by atoms with Gasteiger partial charge in [0.05, 0.1) is 18.5 Å². The van der Waals surface area contributed by atoms with Gasteiger partial charge in [0.2, 0.25) is 5.91 Å². The molecule has 5 nitrogen and oxygen atoms in total. The maximum atomic E-state index is 11.7. The first-order valence-electron chi connectivity index (χ1n) is 6.69. The molecule has 4 N–H and O–H groups in total. The molecule has 0 heterocycles. The van der Waals surface area contributed by atoms with Crippen LogP contribution in [0.3, 0.4) is 0 Å². The van der Waals surface area contributed by atoms with Gasteiger partial charge in [-0.3, -0.25) is 9.59 Å². The molecule has 0 fully saturated rings. The first-order valence-corrected chi connectivity index (χ1v) is 6.69. The van der Waals surface area contributed by atoms with E-state index in [1.54, 1.807) is 0 Å². The van der Waals surface area contributed by atoms with Crippen LogP contribution in [0.15, 0.2) is 24.3 Å². The number of carbonyl (C=O) groups is 2. The number of benzene rings is 1. The summed E-state index contributed by atoms with van der Waals surface area (Å²) in [6.07, 6.45) is -0.370. The molecule has 1 aromatic rings. The molecule has 5 heteroatoms. The van der Waals surface area contributed by atoms with Crippen molar-refractivity contribution in [2.45, 2.75) is 45.2 Å². The number of amides is 1. The van der Waals surface area contributed by atoms with Crippen LogP contribution in [-0.2, 0) is 9.59 Å². The van der Waals surface area contributed by atoms with Crippen LogP contribution in [0.4, 0.5) is 0 Å². The number of aliphatic carboxylic acids is 1. The number of nitrogens with one attached hydrogen (secondary N) is 1. The summed E-state index contributed by atoms with van der Waals surface area (Å²) in [6, 6.07) is 6.75. The van der Waals surface area contributed by atoms with E-state index in [0.29, 0.717) is 5.92 Å². The molecule has 0 aromatic heterocycles. The van der Waals surface area contributed by atoms with Crippen molar-refractivity contribution in [1.82, 2.24) is 5.32 Å². The number of nitrogens with two attached hydrogens (primary N) is 1. The molecule has 110 valence electrons. The second kappa shape index (κ2) is 7.05. The number of carboxylic acids is 1. The normalized spacial score (nSPS) is 13.8. The van der Waals surface area contributed by atoms with Gasteiger partial charge in [0.15, 0.2) is 0 Å². The minimum absolute atomic E-state index is 0.205. The van der Waals surface area contributed by atoms with Crippen LogP contribution in [0.1, 0.15) is 50.3 Å². The van der Waals surface area contributed by atoms with Gasteiger partial charge in [-0.15, -0.1) is 0 Å². The third-order valence-corrected chi connectivity index (χ3v) is 3.19. The van der Waals surface area contributed by atoms with Crippen molar-refractivity contribution in [1.29, 1.82) is 0 Å². The Morgan fingerprint density at radius 1 is 1.15 bits per heavy atom. The van der Waals surface area contributed by atoms with Crippen LogP contribution in [0, 0.1) is 0 Å². The minimum atomic E-state index is -1.08. The third-order valence-electron chi connectivity index (χ3n) is 3.19. The summed E-state index contributed by atoms with van der Waals surface area (Å²) in [5.74, 6) is -1.08. The van der Waals surface area contributed by atoms with Crippen molar-refractivity contribution in [3.05, 3.63) is 35.4 Å². The first kappa shape index (κ1) is 16.2. The van der Waals surface area contributed by atoms with Gasteiger partial charge in [-0.2, -0.15) is 0 Å². The number of carbonyl (C=O) groups excluding carboxylic acids is 1. The van der Waals surface area contributed by atoms with E-state index in [2.05, 4.69) is 19.2 Å². The lowest BCUT2D eigenvalue weighted by molar-refractivity contribution is -0.139. The van der Waals surface area contributed by atoms with Crippen molar-refractivity contribution in [3.8, 4) is 0 Å². The lowest BCUT2D eigenvalue weighted by Crippen LogP contribution is -2.42. The Hall–Kier alpha value is -1.88. The van der Waals surface area contributed by atoms with Gasteiger partial charge < -0.3 is 16.2 Å².